The summed E-state index contributed by atoms with van der Waals surface area (Å²) in [5.41, 5.74) is 6.90. The third-order valence-electron chi connectivity index (χ3n) is 5.44. The molecule has 1 rings (SSSR count). The quantitative estimate of drug-likeness (QED) is 0.501. The van der Waals surface area contributed by atoms with E-state index < -0.39 is 0 Å². The maximum atomic E-state index is 2.41. The molecule has 0 aromatic rings. The second-order valence-electron chi connectivity index (χ2n) is 8.91. The van der Waals surface area contributed by atoms with E-state index in [1.54, 1.807) is 22.3 Å². The largest absolute Gasteiger partial charge is 0.0636 e. The van der Waals surface area contributed by atoms with Gasteiger partial charge in [0.15, 0.2) is 0 Å². The molecule has 0 aromatic carbocycles. The molecule has 1 aliphatic carbocycles. The van der Waals surface area contributed by atoms with Crippen LogP contribution in [0.25, 0.3) is 0 Å². The summed E-state index contributed by atoms with van der Waals surface area (Å²) < 4.78 is 0. The van der Waals surface area contributed by atoms with Crippen LogP contribution in [-0.2, 0) is 0 Å². The average Bonchev–Trinajstić information content (AvgIpc) is 2.55. The highest BCUT2D eigenvalue weighted by molar-refractivity contribution is 5.44. The van der Waals surface area contributed by atoms with Crippen LogP contribution in [0.3, 0.4) is 0 Å². The zero-order valence-electron chi connectivity index (χ0n) is 16.9. The maximum Gasteiger partial charge on any atom is -0.0216 e. The van der Waals surface area contributed by atoms with Crippen molar-refractivity contribution >= 4 is 0 Å². The molecule has 0 aromatic heterocycles. The predicted octanol–water partition coefficient (Wildman–Crippen LogP) is 7.27. The van der Waals surface area contributed by atoms with Crippen molar-refractivity contribution < 1.29 is 0 Å². The van der Waals surface area contributed by atoms with Crippen LogP contribution in [0.5, 0.6) is 0 Å². The van der Waals surface area contributed by atoms with Gasteiger partial charge in [-0.05, 0) is 59.5 Å². The first-order chi connectivity index (χ1) is 10.1. The fraction of sp³-hybridized carbons (Fsp3) is 0.818. The molecule has 0 amide bonds. The minimum Gasteiger partial charge on any atom is -0.0636 e. The van der Waals surface area contributed by atoms with E-state index in [4.69, 9.17) is 0 Å². The van der Waals surface area contributed by atoms with Crippen molar-refractivity contribution in [2.75, 3.05) is 0 Å². The Balaban J connectivity index is 3.65. The molecule has 0 bridgehead atoms. The Bertz CT molecular complexity index is 389. The van der Waals surface area contributed by atoms with Crippen LogP contribution in [-0.4, -0.2) is 0 Å². The highest BCUT2D eigenvalue weighted by atomic mass is 14.4. The summed E-state index contributed by atoms with van der Waals surface area (Å²) >= 11 is 0. The van der Waals surface area contributed by atoms with E-state index in [2.05, 4.69) is 69.2 Å². The molecule has 0 saturated heterocycles. The smallest absolute Gasteiger partial charge is 0.0216 e. The third kappa shape index (κ3) is 4.27. The van der Waals surface area contributed by atoms with E-state index in [-0.39, 0.29) is 0 Å². The minimum absolute atomic E-state index is 0.634. The Kier molecular flexibility index (Phi) is 6.96. The van der Waals surface area contributed by atoms with Crippen LogP contribution in [0.2, 0.25) is 0 Å². The van der Waals surface area contributed by atoms with Gasteiger partial charge in [-0.25, -0.2) is 0 Å². The molecule has 0 fully saturated rings. The van der Waals surface area contributed by atoms with Gasteiger partial charge in [-0.1, -0.05) is 80.4 Å². The molecule has 0 heteroatoms. The lowest BCUT2D eigenvalue weighted by atomic mass is 9.78. The first-order valence-electron chi connectivity index (χ1n) is 9.54. The molecule has 0 N–H and O–H groups in total. The first kappa shape index (κ1) is 19.5. The highest BCUT2D eigenvalue weighted by Crippen LogP contribution is 2.45. The minimum atomic E-state index is 0.634. The van der Waals surface area contributed by atoms with E-state index in [9.17, 15) is 0 Å². The van der Waals surface area contributed by atoms with Gasteiger partial charge in [-0.3, -0.25) is 0 Å². The van der Waals surface area contributed by atoms with Crippen molar-refractivity contribution in [2.45, 2.75) is 82.1 Å². The number of allylic oxidation sites excluding steroid dienone is 4. The fourth-order valence-electron chi connectivity index (χ4n) is 4.13. The molecule has 0 unspecified atom stereocenters. The summed E-state index contributed by atoms with van der Waals surface area (Å²) in [6.07, 6.45) is 2.60. The normalized spacial score (nSPS) is 18.7. The molecule has 22 heavy (non-hydrogen) atoms. The SMILES string of the molecule is CC(C)C1=C(C(C)C)C(C(C)C)=C(C(C)C)CC(C(C)C)C1. The van der Waals surface area contributed by atoms with Crippen LogP contribution in [0.1, 0.15) is 82.1 Å². The number of hydrogen-bond donors (Lipinski definition) is 0. The van der Waals surface area contributed by atoms with Gasteiger partial charge < -0.3 is 0 Å². The second-order valence-corrected chi connectivity index (χ2v) is 8.91. The fourth-order valence-corrected chi connectivity index (χ4v) is 4.13. The Morgan fingerprint density at radius 3 is 1.05 bits per heavy atom. The Hall–Kier alpha value is -0.520. The average molecular weight is 305 g/mol. The molecular weight excluding hydrogens is 264 g/mol. The van der Waals surface area contributed by atoms with Crippen LogP contribution in [0, 0.1) is 35.5 Å². The zero-order chi connectivity index (χ0) is 17.2. The summed E-state index contributed by atoms with van der Waals surface area (Å²) in [6.45, 7) is 24.0. The Morgan fingerprint density at radius 1 is 0.545 bits per heavy atom. The van der Waals surface area contributed by atoms with Crippen molar-refractivity contribution in [1.29, 1.82) is 0 Å². The molecule has 0 heterocycles. The number of hydrogen-bond acceptors (Lipinski definition) is 0. The van der Waals surface area contributed by atoms with Crippen molar-refractivity contribution in [1.82, 2.24) is 0 Å². The van der Waals surface area contributed by atoms with Gasteiger partial charge in [0.1, 0.15) is 0 Å². The van der Waals surface area contributed by atoms with E-state index in [0.29, 0.717) is 23.7 Å². The topological polar surface area (TPSA) is 0 Å². The van der Waals surface area contributed by atoms with Gasteiger partial charge in [-0.15, -0.1) is 0 Å². The van der Waals surface area contributed by atoms with Crippen LogP contribution < -0.4 is 0 Å². The van der Waals surface area contributed by atoms with Crippen molar-refractivity contribution in [3.63, 3.8) is 0 Å². The molecule has 1 aliphatic rings. The summed E-state index contributed by atoms with van der Waals surface area (Å²) in [4.78, 5) is 0. The van der Waals surface area contributed by atoms with Crippen molar-refractivity contribution in [3.05, 3.63) is 22.3 Å². The monoisotopic (exact) mass is 304 g/mol. The third-order valence-corrected chi connectivity index (χ3v) is 5.44. The van der Waals surface area contributed by atoms with E-state index >= 15 is 0 Å². The van der Waals surface area contributed by atoms with Gasteiger partial charge in [0.25, 0.3) is 0 Å². The standard InChI is InChI=1S/C22H40/c1-13(2)18-11-19(14(3)4)21(16(7)8)22(17(9)10)20(12-18)15(5)6/h13-18H,11-12H2,1-10H3. The summed E-state index contributed by atoms with van der Waals surface area (Å²) in [7, 11) is 0. The van der Waals surface area contributed by atoms with E-state index in [1.165, 1.54) is 12.8 Å². The summed E-state index contributed by atoms with van der Waals surface area (Å²) in [5, 5.41) is 0. The van der Waals surface area contributed by atoms with Crippen molar-refractivity contribution in [3.8, 4) is 0 Å². The Morgan fingerprint density at radius 2 is 0.864 bits per heavy atom. The number of rotatable bonds is 5. The molecule has 0 saturated carbocycles. The lowest BCUT2D eigenvalue weighted by Crippen LogP contribution is -2.13. The van der Waals surface area contributed by atoms with Gasteiger partial charge in [0.05, 0.1) is 0 Å². The van der Waals surface area contributed by atoms with Crippen molar-refractivity contribution in [2.24, 2.45) is 35.5 Å². The first-order valence-corrected chi connectivity index (χ1v) is 9.54. The maximum absolute atomic E-state index is 2.41. The molecule has 128 valence electrons. The van der Waals surface area contributed by atoms with Crippen LogP contribution in [0.15, 0.2) is 22.3 Å². The summed E-state index contributed by atoms with van der Waals surface area (Å²) in [5.74, 6) is 4.17. The van der Waals surface area contributed by atoms with Gasteiger partial charge in [0.2, 0.25) is 0 Å². The van der Waals surface area contributed by atoms with E-state index in [1.807, 2.05) is 0 Å². The predicted molar refractivity (Wildman–Crippen MR) is 101 cm³/mol. The molecule has 0 aliphatic heterocycles. The van der Waals surface area contributed by atoms with Gasteiger partial charge in [0, 0.05) is 0 Å². The lowest BCUT2D eigenvalue weighted by Gasteiger charge is -2.27. The molecule has 0 radical (unpaired) electrons. The zero-order valence-corrected chi connectivity index (χ0v) is 16.9. The molecular formula is C22H40. The molecule has 0 nitrogen and oxygen atoms in total. The van der Waals surface area contributed by atoms with Crippen LogP contribution in [0.4, 0.5) is 0 Å². The van der Waals surface area contributed by atoms with Crippen LogP contribution >= 0.6 is 0 Å². The summed E-state index contributed by atoms with van der Waals surface area (Å²) in [6, 6.07) is 0. The van der Waals surface area contributed by atoms with Gasteiger partial charge >= 0.3 is 0 Å². The van der Waals surface area contributed by atoms with Gasteiger partial charge in [-0.2, -0.15) is 0 Å². The molecule has 0 spiro atoms. The lowest BCUT2D eigenvalue weighted by molar-refractivity contribution is 0.361. The highest BCUT2D eigenvalue weighted by Gasteiger charge is 2.31. The van der Waals surface area contributed by atoms with E-state index in [0.717, 1.165) is 11.8 Å². The Labute approximate surface area is 140 Å². The second kappa shape index (κ2) is 7.84. The molecule has 0 atom stereocenters.